The Labute approximate surface area is 391 Å². The Balaban J connectivity index is 2.09. The first-order chi connectivity index (χ1) is 30.9. The van der Waals surface area contributed by atoms with Crippen molar-refractivity contribution in [3.8, 4) is 0 Å². The van der Waals surface area contributed by atoms with Crippen molar-refractivity contribution in [2.75, 3.05) is 40.0 Å². The summed E-state index contributed by atoms with van der Waals surface area (Å²) in [5, 5.41) is 12.3. The van der Waals surface area contributed by atoms with Crippen LogP contribution in [0.15, 0.2) is 24.3 Å². The molecular formula is C47H79NO16S. The molecule has 1 unspecified atom stereocenters. The van der Waals surface area contributed by atoms with Crippen molar-refractivity contribution in [1.82, 2.24) is 4.90 Å². The Bertz CT molecular complexity index is 1520. The van der Waals surface area contributed by atoms with Gasteiger partial charge in [-0.05, 0) is 80.2 Å². The van der Waals surface area contributed by atoms with Gasteiger partial charge in [-0.1, -0.05) is 45.1 Å². The van der Waals surface area contributed by atoms with Crippen LogP contribution in [0.25, 0.3) is 0 Å². The summed E-state index contributed by atoms with van der Waals surface area (Å²) in [4.78, 5) is 53.5. The molecular weight excluding hydrogens is 867 g/mol. The molecule has 65 heavy (non-hydrogen) atoms. The van der Waals surface area contributed by atoms with Crippen LogP contribution in [0.3, 0.4) is 0 Å². The fourth-order valence-corrected chi connectivity index (χ4v) is 9.19. The second kappa shape index (κ2) is 28.1. The third-order valence-electron chi connectivity index (χ3n) is 12.1. The second-order valence-corrected chi connectivity index (χ2v) is 18.4. The van der Waals surface area contributed by atoms with E-state index in [1.165, 1.54) is 18.9 Å². The molecule has 0 spiro atoms. The lowest BCUT2D eigenvalue weighted by Gasteiger charge is -2.51. The third-order valence-corrected chi connectivity index (χ3v) is 12.4. The third kappa shape index (κ3) is 16.9. The van der Waals surface area contributed by atoms with E-state index < -0.39 is 109 Å². The number of esters is 3. The number of carbonyl (C=O) groups is 4. The zero-order valence-electron chi connectivity index (χ0n) is 40.9. The summed E-state index contributed by atoms with van der Waals surface area (Å²) >= 11 is 1.49. The number of thioether (sulfide) groups is 1. The summed E-state index contributed by atoms with van der Waals surface area (Å²) in [6.45, 7) is 16.7. The summed E-state index contributed by atoms with van der Waals surface area (Å²) in [7, 11) is 5.01. The summed E-state index contributed by atoms with van der Waals surface area (Å²) in [6.07, 6.45) is -0.405. The number of aldehydes is 1. The standard InChI is InChI=1S/C47H79NO16S/c1-14-36(50)61-35-25-38(52)57-29(5)20-18-17-19-21-34(60-32(8)55-16-3)28(4)24-33(22-23-49)43(44(35)54-12)64-46-41(53)40(48(10)11)42(30(6)59-46)63-39-26-47(9,56-27-65-13)45(31(7)58-39)62-37(51)15-2/h17-19,21,23,28-35,39-46,53H,14-16,20,22,24-27H2,1-13H3/b18-17+,21-19+/t28-,29-,30-,31+,32?,33+,34+,35-,39+,40-,41-,42-,43+,44+,45+,46+,47-/m1/s1. The fraction of sp³-hybridized carbons (Fsp3) is 0.830. The Morgan fingerprint density at radius 2 is 1.69 bits per heavy atom. The SMILES string of the molecule is CCOC(C)O[C@H]1/C=C/C=C/C[C@@H](C)OC(=O)C[C@@H](OC(=O)CC)[C@H](OC)[C@@H](O[C@@H]2O[C@H](C)[C@@H](O[C@H]3C[C@@](C)(OCSC)[C@@H](OC(=O)CC)[C@H](C)O3)[C@H](N(C)C)[C@H]2O)[C@@H](CC=O)C[C@H]1C. The molecule has 3 aliphatic rings. The van der Waals surface area contributed by atoms with Crippen LogP contribution in [0.5, 0.6) is 0 Å². The van der Waals surface area contributed by atoms with Gasteiger partial charge in [-0.15, -0.1) is 11.8 Å². The van der Waals surface area contributed by atoms with Gasteiger partial charge in [-0.2, -0.15) is 0 Å². The normalized spacial score (nSPS) is 38.0. The van der Waals surface area contributed by atoms with E-state index in [0.717, 1.165) is 6.29 Å². The van der Waals surface area contributed by atoms with E-state index in [1.54, 1.807) is 48.7 Å². The Kier molecular flexibility index (Phi) is 24.6. The van der Waals surface area contributed by atoms with E-state index in [2.05, 4.69) is 0 Å². The predicted octanol–water partition coefficient (Wildman–Crippen LogP) is 5.52. The van der Waals surface area contributed by atoms with Gasteiger partial charge in [0, 0.05) is 45.8 Å². The van der Waals surface area contributed by atoms with Crippen LogP contribution < -0.4 is 0 Å². The summed E-state index contributed by atoms with van der Waals surface area (Å²) in [5.74, 6) is -2.14. The number of nitrogens with zero attached hydrogens (tertiary/aromatic N) is 1. The number of likely N-dealkylation sites (N-methyl/N-ethyl adjacent to an activating group) is 1. The number of aliphatic hydroxyl groups excluding tert-OH is 1. The topological polar surface area (TPSA) is 193 Å². The molecule has 17 atom stereocenters. The molecule has 0 saturated carbocycles. The van der Waals surface area contributed by atoms with Crippen molar-refractivity contribution in [1.29, 1.82) is 0 Å². The molecule has 0 aromatic carbocycles. The Hall–Kier alpha value is -2.49. The van der Waals surface area contributed by atoms with Gasteiger partial charge >= 0.3 is 17.9 Å². The second-order valence-electron chi connectivity index (χ2n) is 17.6. The molecule has 0 radical (unpaired) electrons. The van der Waals surface area contributed by atoms with Crippen molar-refractivity contribution < 1.29 is 76.4 Å². The molecule has 0 amide bonds. The zero-order valence-corrected chi connectivity index (χ0v) is 41.7. The number of carbonyl (C=O) groups excluding carboxylic acids is 4. The molecule has 3 rings (SSSR count). The molecule has 1 N–H and O–H groups in total. The number of rotatable bonds is 19. The maximum absolute atomic E-state index is 13.5. The van der Waals surface area contributed by atoms with Crippen LogP contribution in [0.1, 0.15) is 107 Å². The number of allylic oxidation sites excluding steroid dienone is 2. The largest absolute Gasteiger partial charge is 0.462 e. The molecule has 0 aromatic rings. The van der Waals surface area contributed by atoms with Gasteiger partial charge in [0.05, 0.1) is 42.8 Å². The van der Waals surface area contributed by atoms with Crippen molar-refractivity contribution >= 4 is 36.0 Å². The molecule has 2 saturated heterocycles. The van der Waals surface area contributed by atoms with E-state index in [1.807, 2.05) is 63.2 Å². The predicted molar refractivity (Wildman–Crippen MR) is 243 cm³/mol. The minimum absolute atomic E-state index is 0.0115. The van der Waals surface area contributed by atoms with Crippen molar-refractivity contribution in [3.63, 3.8) is 0 Å². The average Bonchev–Trinajstić information content (AvgIpc) is 3.24. The lowest BCUT2D eigenvalue weighted by atomic mass is 9.82. The van der Waals surface area contributed by atoms with E-state index >= 15 is 0 Å². The van der Waals surface area contributed by atoms with Crippen LogP contribution >= 0.6 is 11.8 Å². The van der Waals surface area contributed by atoms with Gasteiger partial charge < -0.3 is 66.9 Å². The number of hydrogen-bond acceptors (Lipinski definition) is 18. The van der Waals surface area contributed by atoms with E-state index in [4.69, 9.17) is 52.1 Å². The Morgan fingerprint density at radius 3 is 2.31 bits per heavy atom. The first-order valence-electron chi connectivity index (χ1n) is 23.1. The van der Waals surface area contributed by atoms with Gasteiger partial charge in [0.15, 0.2) is 25.0 Å². The van der Waals surface area contributed by atoms with Crippen molar-refractivity contribution in [3.05, 3.63) is 24.3 Å². The highest BCUT2D eigenvalue weighted by Crippen LogP contribution is 2.39. The van der Waals surface area contributed by atoms with E-state index in [0.29, 0.717) is 25.4 Å². The first kappa shape index (κ1) is 56.8. The molecule has 374 valence electrons. The van der Waals surface area contributed by atoms with Gasteiger partial charge in [-0.25, -0.2) is 0 Å². The fourth-order valence-electron chi connectivity index (χ4n) is 8.80. The van der Waals surface area contributed by atoms with E-state index in [9.17, 15) is 24.3 Å². The lowest BCUT2D eigenvalue weighted by molar-refractivity contribution is -0.345. The molecule has 0 bridgehead atoms. The highest BCUT2D eigenvalue weighted by molar-refractivity contribution is 7.98. The monoisotopic (exact) mass is 946 g/mol. The summed E-state index contributed by atoms with van der Waals surface area (Å²) < 4.78 is 68.6. The summed E-state index contributed by atoms with van der Waals surface area (Å²) in [6, 6.07) is -0.742. The molecule has 0 aromatic heterocycles. The zero-order chi connectivity index (χ0) is 48.4. The number of ether oxygens (including phenoxy) is 11. The maximum Gasteiger partial charge on any atom is 0.309 e. The number of aliphatic hydroxyl groups is 1. The molecule has 3 aliphatic heterocycles. The molecule has 18 heteroatoms. The first-order valence-corrected chi connectivity index (χ1v) is 24.5. The molecule has 2 fully saturated rings. The van der Waals surface area contributed by atoms with Crippen LogP contribution in [0.2, 0.25) is 0 Å². The number of methoxy groups -OCH3 is 1. The summed E-state index contributed by atoms with van der Waals surface area (Å²) in [5.41, 5.74) is -0.962. The minimum Gasteiger partial charge on any atom is -0.462 e. The highest BCUT2D eigenvalue weighted by Gasteiger charge is 2.54. The van der Waals surface area contributed by atoms with Crippen molar-refractivity contribution in [2.45, 2.75) is 199 Å². The van der Waals surface area contributed by atoms with Crippen molar-refractivity contribution in [2.24, 2.45) is 11.8 Å². The minimum atomic E-state index is -1.36. The molecule has 0 aliphatic carbocycles. The average molecular weight is 946 g/mol. The van der Waals surface area contributed by atoms with E-state index in [-0.39, 0.29) is 44.0 Å². The number of cyclic esters (lactones) is 1. The van der Waals surface area contributed by atoms with Crippen LogP contribution in [0.4, 0.5) is 0 Å². The Morgan fingerprint density at radius 1 is 1.00 bits per heavy atom. The van der Waals surface area contributed by atoms with Crippen LogP contribution in [0, 0.1) is 11.8 Å². The highest BCUT2D eigenvalue weighted by atomic mass is 32.2. The van der Waals surface area contributed by atoms with Gasteiger partial charge in [0.1, 0.15) is 42.4 Å². The molecule has 17 nitrogen and oxygen atoms in total. The van der Waals surface area contributed by atoms with Gasteiger partial charge in [-0.3, -0.25) is 14.4 Å². The maximum atomic E-state index is 13.5. The number of hydrogen-bond donors (Lipinski definition) is 1. The lowest BCUT2D eigenvalue weighted by Crippen LogP contribution is -2.66. The van der Waals surface area contributed by atoms with Crippen LogP contribution in [-0.2, 0) is 71.3 Å². The molecule has 3 heterocycles. The van der Waals surface area contributed by atoms with Gasteiger partial charge in [0.2, 0.25) is 0 Å². The van der Waals surface area contributed by atoms with Crippen LogP contribution in [-0.4, -0.2) is 166 Å². The smallest absolute Gasteiger partial charge is 0.309 e. The van der Waals surface area contributed by atoms with Gasteiger partial charge in [0.25, 0.3) is 0 Å². The quantitative estimate of drug-likeness (QED) is 0.0736.